The van der Waals surface area contributed by atoms with Gasteiger partial charge in [-0.25, -0.2) is 5.84 Å². The van der Waals surface area contributed by atoms with E-state index >= 15 is 4.79 Å². The van der Waals surface area contributed by atoms with Gasteiger partial charge in [0.05, 0.1) is 12.6 Å². The summed E-state index contributed by atoms with van der Waals surface area (Å²) in [5.41, 5.74) is 43.6. The van der Waals surface area contributed by atoms with Crippen LogP contribution in [0.15, 0.2) is 0 Å². The molecule has 0 bridgehead atoms. The predicted octanol–water partition coefficient (Wildman–Crippen LogP) is 0.533. The molecule has 1 aliphatic heterocycles. The molecule has 0 unspecified atom stereocenters. The van der Waals surface area contributed by atoms with Gasteiger partial charge in [0, 0.05) is 19.5 Å². The summed E-state index contributed by atoms with van der Waals surface area (Å²) in [5, 5.41) is 42.3. The quantitative estimate of drug-likeness (QED) is 0.0171. The number of carbonyl (C=O) groups excluding carboxylic acids is 17. The second-order valence-corrected chi connectivity index (χ2v) is 40.8. The van der Waals surface area contributed by atoms with Crippen LogP contribution in [0.25, 0.3) is 0 Å². The van der Waals surface area contributed by atoms with E-state index in [2.05, 4.69) is 85.2 Å². The van der Waals surface area contributed by atoms with E-state index in [1.165, 1.54) is 4.90 Å². The number of amides is 17. The number of hydrazine groups is 1. The smallest absolute Gasteiger partial charge is 0.245 e. The lowest BCUT2D eigenvalue weighted by molar-refractivity contribution is -0.143. The van der Waals surface area contributed by atoms with Crippen LogP contribution in [0.4, 0.5) is 0 Å². The van der Waals surface area contributed by atoms with Gasteiger partial charge in [-0.2, -0.15) is 0 Å². The Labute approximate surface area is 827 Å². The average molecular weight is 1970 g/mol. The molecule has 15 atom stereocenters. The summed E-state index contributed by atoms with van der Waals surface area (Å²) >= 11 is 0. The second-order valence-electron chi connectivity index (χ2n) is 40.8. The Morgan fingerprint density at radius 1 is 0.266 bits per heavy atom. The third-order valence-electron chi connectivity index (χ3n) is 23.7. The van der Waals surface area contributed by atoms with Crippen LogP contribution in [0.5, 0.6) is 0 Å². The normalized spacial score (nSPS) is 15.7. The molecule has 0 aliphatic carbocycles. The van der Waals surface area contributed by atoms with Gasteiger partial charge in [-0.05, 0) is 279 Å². The third kappa shape index (κ3) is 54.5. The highest BCUT2D eigenvalue weighted by molar-refractivity contribution is 6.01. The molecule has 0 aromatic carbocycles. The van der Waals surface area contributed by atoms with Crippen molar-refractivity contribution in [2.75, 3.05) is 58.9 Å². The third-order valence-corrected chi connectivity index (χ3v) is 23.7. The maximum absolute atomic E-state index is 15.2. The first-order valence-corrected chi connectivity index (χ1v) is 51.5. The lowest BCUT2D eigenvalue weighted by Gasteiger charge is -2.32. The molecule has 0 radical (unpaired) electrons. The molecule has 0 aromatic heterocycles. The van der Waals surface area contributed by atoms with E-state index in [0.29, 0.717) is 135 Å². The number of hydrogen-bond donors (Lipinski definition) is 24. The Morgan fingerprint density at radius 3 is 0.784 bits per heavy atom. The van der Waals surface area contributed by atoms with Crippen LogP contribution in [0.3, 0.4) is 0 Å². The monoisotopic (exact) mass is 1970 g/mol. The highest BCUT2D eigenvalue weighted by atomic mass is 16.2. The van der Waals surface area contributed by atoms with Gasteiger partial charge in [0.15, 0.2) is 0 Å². The van der Waals surface area contributed by atoms with Crippen molar-refractivity contribution in [2.24, 2.45) is 93.3 Å². The zero-order chi connectivity index (χ0) is 105. The van der Waals surface area contributed by atoms with Gasteiger partial charge in [-0.3, -0.25) is 86.9 Å². The van der Waals surface area contributed by atoms with Gasteiger partial charge in [0.25, 0.3) is 0 Å². The summed E-state index contributed by atoms with van der Waals surface area (Å²) in [5.74, 6) is -7.38. The number of rotatable bonds is 76. The number of hydrogen-bond acceptors (Lipinski definition) is 25. The zero-order valence-electron chi connectivity index (χ0n) is 86.8. The Morgan fingerprint density at radius 2 is 0.511 bits per heavy atom. The van der Waals surface area contributed by atoms with Crippen LogP contribution in [0.1, 0.15) is 316 Å². The van der Waals surface area contributed by atoms with Crippen molar-refractivity contribution in [2.45, 2.75) is 407 Å². The molecule has 139 heavy (non-hydrogen) atoms. The van der Waals surface area contributed by atoms with Crippen molar-refractivity contribution >= 4 is 100 Å². The van der Waals surface area contributed by atoms with E-state index < -0.39 is 192 Å². The summed E-state index contributed by atoms with van der Waals surface area (Å²) in [6.45, 7) is 31.3. The van der Waals surface area contributed by atoms with E-state index in [1.807, 2.05) is 111 Å². The molecule has 17 amide bonds. The first-order valence-electron chi connectivity index (χ1n) is 51.5. The largest absolute Gasteiger partial charge is 0.355 e. The van der Waals surface area contributed by atoms with Gasteiger partial charge < -0.3 is 125 Å². The SMILES string of the molecule is CC(C)C[C@H](NC(=O)[C@H](CCCCN)NC(=O)[C@H](CC(C)C)NC(=O)[C@H](CC(C)C)NC(=O)[C@H](CCCCN)NC(=O)[C@@H]1CCCN1C(=O)[C@H](CC(C)C)NC(=O)[C@H](CC(C)C)NC(=O)[C@H](CCCCN)NC(=O)[C@H](CC(C)C)NC(=O)[C@H](CC(C)C)NC(=O)[C@H](CCCCN)NC(=O)[C@H](CCCCN)NC(=O)[C@@H](N)CC(C)C)C(=O)N[C@@H](CCCCN)C(=O)NCC(=O)NCCCCCC(=O)NN. The minimum absolute atomic E-state index is 0.0483. The Kier molecular flexibility index (Phi) is 66.1. The predicted molar refractivity (Wildman–Crippen MR) is 538 cm³/mol. The Bertz CT molecular complexity index is 3710. The minimum Gasteiger partial charge on any atom is -0.355 e. The van der Waals surface area contributed by atoms with Crippen molar-refractivity contribution < 1.29 is 81.5 Å². The molecule has 0 aromatic rings. The maximum Gasteiger partial charge on any atom is 0.245 e. The first kappa shape index (κ1) is 128. The van der Waals surface area contributed by atoms with Gasteiger partial charge in [0.1, 0.15) is 84.6 Å². The summed E-state index contributed by atoms with van der Waals surface area (Å²) in [7, 11) is 0. The van der Waals surface area contributed by atoms with E-state index in [0.717, 1.165) is 0 Å². The molecule has 1 heterocycles. The van der Waals surface area contributed by atoms with E-state index in [1.54, 1.807) is 0 Å². The first-order chi connectivity index (χ1) is 65.7. The van der Waals surface area contributed by atoms with Gasteiger partial charge in [-0.1, -0.05) is 117 Å². The average Bonchev–Trinajstić information content (AvgIpc) is 1.70. The van der Waals surface area contributed by atoms with Crippen LogP contribution in [0, 0.1) is 47.3 Å². The fourth-order valence-corrected chi connectivity index (χ4v) is 16.4. The number of nitrogens with two attached hydrogens (primary N) is 8. The molecule has 800 valence electrons. The van der Waals surface area contributed by atoms with Crippen LogP contribution >= 0.6 is 0 Å². The number of nitrogens with zero attached hydrogens (tertiary/aromatic N) is 1. The van der Waals surface area contributed by atoms with Crippen molar-refractivity contribution in [3.8, 4) is 0 Å². The minimum atomic E-state index is -1.29. The molecule has 0 saturated carbocycles. The van der Waals surface area contributed by atoms with E-state index in [9.17, 15) is 76.7 Å². The van der Waals surface area contributed by atoms with Crippen LogP contribution in [0.2, 0.25) is 0 Å². The zero-order valence-corrected chi connectivity index (χ0v) is 86.8. The lowest BCUT2D eigenvalue weighted by atomic mass is 9.98. The summed E-state index contributed by atoms with van der Waals surface area (Å²) in [4.78, 5) is 244. The molecular formula is C97H185N25O17. The molecule has 0 spiro atoms. The molecule has 42 nitrogen and oxygen atoms in total. The summed E-state index contributed by atoms with van der Waals surface area (Å²) < 4.78 is 0. The molecule has 32 N–H and O–H groups in total. The highest BCUT2D eigenvalue weighted by Crippen LogP contribution is 2.24. The summed E-state index contributed by atoms with van der Waals surface area (Å²) in [6, 6.07) is -18.1. The molecular weight excluding hydrogens is 1790 g/mol. The highest BCUT2D eigenvalue weighted by Gasteiger charge is 2.43. The molecule has 1 aliphatic rings. The Balaban J connectivity index is 3.72. The van der Waals surface area contributed by atoms with Crippen molar-refractivity contribution in [3.63, 3.8) is 0 Å². The van der Waals surface area contributed by atoms with Crippen LogP contribution < -0.4 is 131 Å². The van der Waals surface area contributed by atoms with Crippen molar-refractivity contribution in [1.82, 2.24) is 90.1 Å². The van der Waals surface area contributed by atoms with Crippen molar-refractivity contribution in [1.29, 1.82) is 0 Å². The number of unbranched alkanes of at least 4 members (excludes halogenated alkanes) is 8. The number of carbonyl (C=O) groups is 17. The van der Waals surface area contributed by atoms with Gasteiger partial charge >= 0.3 is 0 Å². The van der Waals surface area contributed by atoms with Crippen molar-refractivity contribution in [3.05, 3.63) is 0 Å². The van der Waals surface area contributed by atoms with E-state index in [4.69, 9.17) is 46.0 Å². The maximum atomic E-state index is 15.2. The van der Waals surface area contributed by atoms with Crippen LogP contribution in [-0.4, -0.2) is 255 Å². The topological polar surface area (TPSA) is 694 Å². The second kappa shape index (κ2) is 72.0. The number of nitrogens with one attached hydrogen (secondary N) is 16. The summed E-state index contributed by atoms with van der Waals surface area (Å²) in [6.07, 6.45) is 9.43. The molecule has 1 fully saturated rings. The Hall–Kier alpha value is -9.33. The molecule has 1 saturated heterocycles. The molecule has 1 rings (SSSR count). The molecule has 42 heteroatoms. The van der Waals surface area contributed by atoms with Crippen LogP contribution in [-0.2, 0) is 81.5 Å². The standard InChI is InChI=1S/C97H185N25O17/c1-58(2)49-66(104)83(125)108-68(34-20-26-42-99)85(127)110-69(35-21-27-43-100)86(128)115-76(53-62(9)10)93(135)118-74(51-60(5)6)92(134)112-71(37-23-29-45-102)88(130)117-78(55-64(13)14)95(137)120-79(56-65(15)16)97(139)122-48-32-39-80(122)96(138)113-72(38-24-30-46-103)89(131)116-77(54-63(11)12)94(136)119-75(52-61(7)8)91(133)111-70(36-22-28-44-101)87(129)114-73(50-59(3)4)90(132)109-67(33-19-25-41-98)84(126)107-57-82(124)106-47-31-17-18-40-81(123)121-105/h58-80H,17-57,98-105H2,1-16H3,(H,106,124)(H,107,126)(H,108,125)(H,109,132)(H,110,127)(H,111,133)(H,112,134)(H,113,138)(H,114,129)(H,115,128)(H,116,131)(H,117,130)(H,118,135)(H,119,136)(H,120,137)(H,121,123)/t66-,67-,68-,69-,70-,71-,72-,73-,74-,75-,76-,77-,78-,79-,80-/m0/s1. The van der Waals surface area contributed by atoms with Gasteiger partial charge in [-0.15, -0.1) is 0 Å². The number of likely N-dealkylation sites (tertiary alicyclic amines) is 1. The fourth-order valence-electron chi connectivity index (χ4n) is 16.4. The van der Waals surface area contributed by atoms with E-state index in [-0.39, 0.29) is 176 Å². The fraction of sp³-hybridized carbons (Fsp3) is 0.825. The lowest BCUT2D eigenvalue weighted by Crippen LogP contribution is -2.61. The van der Waals surface area contributed by atoms with Gasteiger partial charge in [0.2, 0.25) is 100 Å².